The Morgan fingerprint density at radius 2 is 1.49 bits per heavy atom. The number of hydrogen-bond donors (Lipinski definition) is 3. The molecule has 1 saturated heterocycles. The van der Waals surface area contributed by atoms with Gasteiger partial charge in [-0.2, -0.15) is 0 Å². The topological polar surface area (TPSA) is 98.2 Å². The van der Waals surface area contributed by atoms with Crippen LogP contribution >= 0.6 is 0 Å². The summed E-state index contributed by atoms with van der Waals surface area (Å²) in [4.78, 5) is 30.4. The standard InChI is InChI=1S/C26H42N4O.C2H7N.C2H5N.C2H6.CH2O/c1-8-19(2)23(29-25(28-7)21-9-11-22(27-6)12-10-21)17-20-13-15-30(16-14-20)24(31)18-26(3,4)5;2*1-3-2;2*1-2/h9-12,20,27H,8,13-18H2,1-7H3,(H,28,29);3H,1-2H3;1H2,2H3;1-2H3;1H2/b23-19+;;;;. The largest absolute Gasteiger partial charge is 0.388 e. The number of amidine groups is 1. The van der Waals surface area contributed by atoms with E-state index in [9.17, 15) is 4.79 Å². The molecule has 1 aromatic carbocycles. The highest BCUT2D eigenvalue weighted by Crippen LogP contribution is 2.28. The van der Waals surface area contributed by atoms with Gasteiger partial charge in [-0.05, 0) is 89.0 Å². The molecule has 0 atom stereocenters. The van der Waals surface area contributed by atoms with Crippen LogP contribution in [0.25, 0.3) is 0 Å². The highest BCUT2D eigenvalue weighted by molar-refractivity contribution is 6.00. The Balaban J connectivity index is -0.00000128. The monoisotopic (exact) mass is 574 g/mol. The fourth-order valence-corrected chi connectivity index (χ4v) is 3.98. The van der Waals surface area contributed by atoms with Gasteiger partial charge in [-0.25, -0.2) is 0 Å². The third kappa shape index (κ3) is 19.7. The van der Waals surface area contributed by atoms with E-state index in [1.807, 2.05) is 48.8 Å². The summed E-state index contributed by atoms with van der Waals surface area (Å²) in [7, 11) is 9.15. The number of piperidine rings is 1. The van der Waals surface area contributed by atoms with Crippen molar-refractivity contribution in [1.29, 1.82) is 0 Å². The average Bonchev–Trinajstić information content (AvgIpc) is 2.97. The predicted octanol–water partition coefficient (Wildman–Crippen LogP) is 6.44. The highest BCUT2D eigenvalue weighted by Gasteiger charge is 2.26. The molecule has 0 aromatic heterocycles. The molecule has 0 bridgehead atoms. The lowest BCUT2D eigenvalue weighted by Crippen LogP contribution is -2.40. The van der Waals surface area contributed by atoms with Crippen molar-refractivity contribution < 1.29 is 9.59 Å². The average molecular weight is 575 g/mol. The smallest absolute Gasteiger partial charge is 0.223 e. The van der Waals surface area contributed by atoms with Gasteiger partial charge in [0.1, 0.15) is 12.6 Å². The molecule has 1 amide bonds. The summed E-state index contributed by atoms with van der Waals surface area (Å²) in [5.74, 6) is 1.80. The van der Waals surface area contributed by atoms with Crippen molar-refractivity contribution >= 4 is 30.9 Å². The first-order chi connectivity index (χ1) is 19.5. The molecule has 1 aliphatic heterocycles. The lowest BCUT2D eigenvalue weighted by Gasteiger charge is -2.34. The fraction of sp³-hybridized carbons (Fsp3) is 0.636. The van der Waals surface area contributed by atoms with E-state index in [-0.39, 0.29) is 5.41 Å². The van der Waals surface area contributed by atoms with Crippen molar-refractivity contribution in [3.8, 4) is 0 Å². The zero-order valence-corrected chi connectivity index (χ0v) is 28.4. The summed E-state index contributed by atoms with van der Waals surface area (Å²) >= 11 is 0. The second-order valence-corrected chi connectivity index (χ2v) is 10.7. The van der Waals surface area contributed by atoms with E-state index in [0.29, 0.717) is 18.2 Å². The number of anilines is 1. The van der Waals surface area contributed by atoms with Crippen LogP contribution in [0.15, 0.2) is 45.5 Å². The lowest BCUT2D eigenvalue weighted by atomic mass is 9.88. The molecule has 41 heavy (non-hydrogen) atoms. The van der Waals surface area contributed by atoms with E-state index in [4.69, 9.17) is 4.79 Å². The van der Waals surface area contributed by atoms with Crippen molar-refractivity contribution in [3.05, 3.63) is 41.1 Å². The molecule has 236 valence electrons. The Hall–Kier alpha value is -3.00. The summed E-state index contributed by atoms with van der Waals surface area (Å²) in [5.41, 5.74) is 4.88. The molecule has 1 fully saturated rings. The van der Waals surface area contributed by atoms with Crippen LogP contribution in [-0.2, 0) is 9.59 Å². The minimum Gasteiger partial charge on any atom is -0.388 e. The molecule has 0 aliphatic carbocycles. The lowest BCUT2D eigenvalue weighted by molar-refractivity contribution is -0.134. The second kappa shape index (κ2) is 25.9. The number of benzene rings is 1. The molecule has 3 N–H and O–H groups in total. The molecule has 0 saturated carbocycles. The van der Waals surface area contributed by atoms with Crippen LogP contribution in [0.3, 0.4) is 0 Å². The van der Waals surface area contributed by atoms with Gasteiger partial charge in [0.2, 0.25) is 5.91 Å². The van der Waals surface area contributed by atoms with Gasteiger partial charge in [0, 0.05) is 57.6 Å². The number of carbonyl (C=O) groups excluding carboxylic acids is 2. The SMILES string of the molecule is C=NC.C=O.CC.CC/C(C)=C(\CC1CCN(C(=O)CC(C)(C)C)CC1)NC(=NC)c1ccc(NC)cc1.CNC. The summed E-state index contributed by atoms with van der Waals surface area (Å²) in [6.07, 6.45) is 4.78. The van der Waals surface area contributed by atoms with Gasteiger partial charge in [-0.1, -0.05) is 47.1 Å². The fourth-order valence-electron chi connectivity index (χ4n) is 3.98. The van der Waals surface area contributed by atoms with E-state index >= 15 is 0 Å². The van der Waals surface area contributed by atoms with E-state index < -0.39 is 0 Å². The minimum absolute atomic E-state index is 0.0489. The number of likely N-dealkylation sites (tertiary alicyclic amines) is 1. The van der Waals surface area contributed by atoms with Gasteiger partial charge in [0.25, 0.3) is 0 Å². The number of nitrogens with one attached hydrogen (secondary N) is 3. The molecule has 1 heterocycles. The number of allylic oxidation sites excluding steroid dienone is 2. The maximum Gasteiger partial charge on any atom is 0.223 e. The van der Waals surface area contributed by atoms with E-state index in [1.165, 1.54) is 11.3 Å². The Bertz CT molecular complexity index is 865. The summed E-state index contributed by atoms with van der Waals surface area (Å²) in [5, 5.41) is 9.56. The van der Waals surface area contributed by atoms with Crippen LogP contribution in [0.5, 0.6) is 0 Å². The van der Waals surface area contributed by atoms with Crippen LogP contribution in [0.4, 0.5) is 5.69 Å². The van der Waals surface area contributed by atoms with Gasteiger partial charge in [-0.3, -0.25) is 9.79 Å². The van der Waals surface area contributed by atoms with Crippen LogP contribution in [0.2, 0.25) is 0 Å². The van der Waals surface area contributed by atoms with Crippen molar-refractivity contribution in [2.75, 3.05) is 53.6 Å². The third-order valence-electron chi connectivity index (χ3n) is 6.13. The van der Waals surface area contributed by atoms with Crippen LogP contribution < -0.4 is 16.0 Å². The Labute approximate surface area is 252 Å². The molecule has 0 unspecified atom stereocenters. The molecule has 0 radical (unpaired) electrons. The summed E-state index contributed by atoms with van der Waals surface area (Å²) < 4.78 is 0. The van der Waals surface area contributed by atoms with Crippen LogP contribution in [-0.4, -0.2) is 78.5 Å². The van der Waals surface area contributed by atoms with Gasteiger partial charge in [0.05, 0.1) is 0 Å². The van der Waals surface area contributed by atoms with E-state index in [0.717, 1.165) is 55.9 Å². The Morgan fingerprint density at radius 3 is 1.85 bits per heavy atom. The molecule has 1 aliphatic rings. The van der Waals surface area contributed by atoms with Crippen molar-refractivity contribution in [2.45, 2.75) is 80.6 Å². The maximum absolute atomic E-state index is 12.6. The first-order valence-electron chi connectivity index (χ1n) is 14.7. The number of hydrogen-bond acceptors (Lipinski definition) is 6. The molecule has 1 aromatic rings. The summed E-state index contributed by atoms with van der Waals surface area (Å²) in [6, 6.07) is 8.34. The van der Waals surface area contributed by atoms with Crippen LogP contribution in [0, 0.1) is 11.3 Å². The third-order valence-corrected chi connectivity index (χ3v) is 6.13. The zero-order valence-electron chi connectivity index (χ0n) is 28.4. The minimum atomic E-state index is 0.0489. The van der Waals surface area contributed by atoms with Gasteiger partial charge in [-0.15, -0.1) is 0 Å². The molecular formula is C33H62N6O2. The predicted molar refractivity (Wildman–Crippen MR) is 181 cm³/mol. The molecule has 0 spiro atoms. The number of aliphatic imine (C=N–C) groups is 2. The molecular weight excluding hydrogens is 512 g/mol. The highest BCUT2D eigenvalue weighted by atomic mass is 16.2. The second-order valence-electron chi connectivity index (χ2n) is 10.7. The Kier molecular flexibility index (Phi) is 26.9. The number of carbonyl (C=O) groups is 2. The Morgan fingerprint density at radius 1 is 1.02 bits per heavy atom. The van der Waals surface area contributed by atoms with E-state index in [1.54, 1.807) is 7.05 Å². The number of nitrogens with zero attached hydrogens (tertiary/aromatic N) is 3. The normalized spacial score (nSPS) is 13.7. The van der Waals surface area contributed by atoms with Gasteiger partial charge >= 0.3 is 0 Å². The van der Waals surface area contributed by atoms with Gasteiger partial charge < -0.3 is 30.6 Å². The first kappa shape index (κ1) is 42.5. The first-order valence-corrected chi connectivity index (χ1v) is 14.7. The maximum atomic E-state index is 12.6. The van der Waals surface area contributed by atoms with E-state index in [2.05, 4.69) is 96.4 Å². The van der Waals surface area contributed by atoms with Crippen LogP contribution in [0.1, 0.15) is 86.1 Å². The van der Waals surface area contributed by atoms with Crippen molar-refractivity contribution in [3.63, 3.8) is 0 Å². The molecule has 2 rings (SSSR count). The number of rotatable bonds is 7. The quantitative estimate of drug-likeness (QED) is 0.257. The van der Waals surface area contributed by atoms with Crippen molar-refractivity contribution in [2.24, 2.45) is 21.3 Å². The molecule has 8 heteroatoms. The van der Waals surface area contributed by atoms with Gasteiger partial charge in [0.15, 0.2) is 0 Å². The molecule has 8 nitrogen and oxygen atoms in total. The van der Waals surface area contributed by atoms with Crippen molar-refractivity contribution in [1.82, 2.24) is 15.5 Å². The number of amides is 1. The zero-order chi connectivity index (χ0) is 32.4. The summed E-state index contributed by atoms with van der Waals surface area (Å²) in [6.45, 7) is 21.7.